The minimum atomic E-state index is -1.60. The van der Waals surface area contributed by atoms with Crippen molar-refractivity contribution in [3.05, 3.63) is 36.5 Å². The summed E-state index contributed by atoms with van der Waals surface area (Å²) in [5.41, 5.74) is 0. The monoisotopic (exact) mass is 851 g/mol. The molecule has 0 aromatic heterocycles. The van der Waals surface area contributed by atoms with Crippen LogP contribution in [0, 0.1) is 0 Å². The predicted molar refractivity (Wildman–Crippen MR) is 242 cm³/mol. The van der Waals surface area contributed by atoms with Crippen molar-refractivity contribution in [2.24, 2.45) is 0 Å². The number of esters is 2. The molecule has 0 spiro atoms. The average molecular weight is 851 g/mol. The number of allylic oxidation sites excluding steroid dienone is 6. The third kappa shape index (κ3) is 31.7. The smallest absolute Gasteiger partial charge is 0.306 e. The fourth-order valence-corrected chi connectivity index (χ4v) is 7.32. The van der Waals surface area contributed by atoms with E-state index in [0.29, 0.717) is 6.42 Å². The first-order valence-electron chi connectivity index (χ1n) is 24.6. The van der Waals surface area contributed by atoms with E-state index in [0.717, 1.165) is 70.6 Å². The molecule has 0 aromatic carbocycles. The maximum absolute atomic E-state index is 12.8. The van der Waals surface area contributed by atoms with E-state index in [-0.39, 0.29) is 32.0 Å². The summed E-state index contributed by atoms with van der Waals surface area (Å²) in [7, 11) is 0. The maximum atomic E-state index is 12.8. The van der Waals surface area contributed by atoms with Crippen LogP contribution in [0.1, 0.15) is 213 Å². The first-order chi connectivity index (χ1) is 29.3. The summed E-state index contributed by atoms with van der Waals surface area (Å²) in [6.45, 7) is 3.38. The highest BCUT2D eigenvalue weighted by Crippen LogP contribution is 2.23. The van der Waals surface area contributed by atoms with E-state index in [1.165, 1.54) is 109 Å². The molecule has 4 N–H and O–H groups in total. The molecule has 1 aliphatic heterocycles. The summed E-state index contributed by atoms with van der Waals surface area (Å²) in [6.07, 6.45) is 40.1. The van der Waals surface area contributed by atoms with Gasteiger partial charge < -0.3 is 39.4 Å². The van der Waals surface area contributed by atoms with Gasteiger partial charge in [0.15, 0.2) is 12.4 Å². The fraction of sp³-hybridized carbons (Fsp3) is 0.840. The molecule has 0 aromatic rings. The van der Waals surface area contributed by atoms with Crippen LogP contribution in [0.5, 0.6) is 0 Å². The van der Waals surface area contributed by atoms with Gasteiger partial charge >= 0.3 is 11.9 Å². The van der Waals surface area contributed by atoms with Gasteiger partial charge in [0.2, 0.25) is 0 Å². The van der Waals surface area contributed by atoms with Crippen molar-refractivity contribution in [2.75, 3.05) is 19.8 Å². The summed E-state index contributed by atoms with van der Waals surface area (Å²) >= 11 is 0. The molecule has 0 amide bonds. The van der Waals surface area contributed by atoms with Crippen LogP contribution in [-0.4, -0.2) is 89.0 Å². The van der Waals surface area contributed by atoms with Crippen LogP contribution in [0.15, 0.2) is 36.5 Å². The van der Waals surface area contributed by atoms with Crippen LogP contribution < -0.4 is 0 Å². The van der Waals surface area contributed by atoms with Crippen LogP contribution in [-0.2, 0) is 28.5 Å². The number of hydrogen-bond acceptors (Lipinski definition) is 10. The molecule has 0 saturated carbocycles. The van der Waals surface area contributed by atoms with Crippen LogP contribution in [0.3, 0.4) is 0 Å². The lowest BCUT2D eigenvalue weighted by Crippen LogP contribution is -2.59. The molecule has 0 bridgehead atoms. The normalized spacial score (nSPS) is 20.1. The van der Waals surface area contributed by atoms with Crippen molar-refractivity contribution in [3.8, 4) is 0 Å². The fourth-order valence-electron chi connectivity index (χ4n) is 7.32. The average Bonchev–Trinajstić information content (AvgIpc) is 3.25. The van der Waals surface area contributed by atoms with E-state index in [2.05, 4.69) is 50.3 Å². The Morgan fingerprint density at radius 3 is 1.45 bits per heavy atom. The predicted octanol–water partition coefficient (Wildman–Crippen LogP) is 11.1. The second-order valence-electron chi connectivity index (χ2n) is 16.9. The number of carbonyl (C=O) groups excluding carboxylic acids is 2. The molecule has 6 atom stereocenters. The zero-order valence-electron chi connectivity index (χ0n) is 38.2. The lowest BCUT2D eigenvalue weighted by molar-refractivity contribution is -0.305. The SMILES string of the molecule is CCCC/C=C\C/C=C\CCCCCCCC(=O)OC(COC(=O)CCCCCCCCCCC/C=C\CCCCCCCCCC)COC1OC(CO)C(O)C(O)C1O. The molecule has 1 fully saturated rings. The molecule has 1 rings (SSSR count). The largest absolute Gasteiger partial charge is 0.462 e. The number of aliphatic hydroxyl groups excluding tert-OH is 4. The zero-order chi connectivity index (χ0) is 43.7. The van der Waals surface area contributed by atoms with Gasteiger partial charge in [-0.1, -0.05) is 172 Å². The van der Waals surface area contributed by atoms with Gasteiger partial charge in [0.25, 0.3) is 0 Å². The Balaban J connectivity index is 2.27. The minimum Gasteiger partial charge on any atom is -0.462 e. The molecule has 1 saturated heterocycles. The Labute approximate surface area is 366 Å². The summed E-state index contributed by atoms with van der Waals surface area (Å²) in [5, 5.41) is 40.1. The topological polar surface area (TPSA) is 152 Å². The minimum absolute atomic E-state index is 0.214. The van der Waals surface area contributed by atoms with E-state index in [9.17, 15) is 30.0 Å². The molecule has 0 aliphatic carbocycles. The molecular weight excluding hydrogens is 761 g/mol. The van der Waals surface area contributed by atoms with Gasteiger partial charge in [0.05, 0.1) is 13.2 Å². The third-order valence-electron chi connectivity index (χ3n) is 11.2. The third-order valence-corrected chi connectivity index (χ3v) is 11.2. The van der Waals surface area contributed by atoms with Gasteiger partial charge in [-0.2, -0.15) is 0 Å². The van der Waals surface area contributed by atoms with E-state index < -0.39 is 49.4 Å². The zero-order valence-corrected chi connectivity index (χ0v) is 38.2. The number of unbranched alkanes of at least 4 members (excludes halogenated alkanes) is 24. The first-order valence-corrected chi connectivity index (χ1v) is 24.6. The quantitative estimate of drug-likeness (QED) is 0.0266. The number of aliphatic hydroxyl groups is 4. The second-order valence-corrected chi connectivity index (χ2v) is 16.9. The van der Waals surface area contributed by atoms with Crippen LogP contribution in [0.2, 0.25) is 0 Å². The highest BCUT2D eigenvalue weighted by molar-refractivity contribution is 5.70. The highest BCUT2D eigenvalue weighted by atomic mass is 16.7. The second kappa shape index (κ2) is 41.0. The van der Waals surface area contributed by atoms with Gasteiger partial charge in [-0.15, -0.1) is 0 Å². The van der Waals surface area contributed by atoms with Crippen molar-refractivity contribution >= 4 is 11.9 Å². The summed E-state index contributed by atoms with van der Waals surface area (Å²) in [6, 6.07) is 0. The molecule has 60 heavy (non-hydrogen) atoms. The van der Waals surface area contributed by atoms with Crippen molar-refractivity contribution in [1.29, 1.82) is 0 Å². The Morgan fingerprint density at radius 1 is 0.517 bits per heavy atom. The summed E-state index contributed by atoms with van der Waals surface area (Å²) < 4.78 is 22.2. The van der Waals surface area contributed by atoms with E-state index in [1.54, 1.807) is 0 Å². The molecule has 1 aliphatic rings. The number of hydrogen-bond donors (Lipinski definition) is 4. The van der Waals surface area contributed by atoms with Crippen molar-refractivity contribution in [3.63, 3.8) is 0 Å². The molecular formula is C50H90O10. The van der Waals surface area contributed by atoms with Crippen molar-refractivity contribution < 1.29 is 49.0 Å². The Bertz CT molecular complexity index is 1080. The highest BCUT2D eigenvalue weighted by Gasteiger charge is 2.44. The number of rotatable bonds is 41. The number of carbonyl (C=O) groups is 2. The van der Waals surface area contributed by atoms with Crippen molar-refractivity contribution in [1.82, 2.24) is 0 Å². The van der Waals surface area contributed by atoms with Crippen LogP contribution >= 0.6 is 0 Å². The van der Waals surface area contributed by atoms with Gasteiger partial charge in [0, 0.05) is 12.8 Å². The molecule has 0 radical (unpaired) electrons. The molecule has 10 heteroatoms. The molecule has 1 heterocycles. The Morgan fingerprint density at radius 2 is 0.950 bits per heavy atom. The molecule has 10 nitrogen and oxygen atoms in total. The van der Waals surface area contributed by atoms with E-state index in [4.69, 9.17) is 18.9 Å². The lowest BCUT2D eigenvalue weighted by atomic mass is 9.99. The molecule has 6 unspecified atom stereocenters. The summed E-state index contributed by atoms with van der Waals surface area (Å²) in [4.78, 5) is 25.4. The Kier molecular flexibility index (Phi) is 38.2. The Hall–Kier alpha value is -2.08. The van der Waals surface area contributed by atoms with Gasteiger partial charge in [0.1, 0.15) is 31.0 Å². The standard InChI is InChI=1S/C50H90O10/c1-3-5-7-9-11-13-15-17-19-20-21-22-23-24-25-27-28-30-32-34-36-38-45(52)57-41-43(42-58-50-49(56)48(55)47(54)44(40-51)60-50)59-46(53)39-37-35-33-31-29-26-18-16-14-12-10-8-6-4-2/h10,12,16,18,20-21,43-44,47-51,54-56H,3-9,11,13-15,17,19,22-42H2,1-2H3/b12-10-,18-16-,21-20-. The van der Waals surface area contributed by atoms with Gasteiger partial charge in [-0.25, -0.2) is 0 Å². The van der Waals surface area contributed by atoms with E-state index >= 15 is 0 Å². The van der Waals surface area contributed by atoms with Gasteiger partial charge in [-0.05, 0) is 64.2 Å². The lowest BCUT2D eigenvalue weighted by Gasteiger charge is -2.39. The maximum Gasteiger partial charge on any atom is 0.306 e. The molecule has 350 valence electrons. The number of ether oxygens (including phenoxy) is 4. The van der Waals surface area contributed by atoms with E-state index in [1.807, 2.05) is 0 Å². The van der Waals surface area contributed by atoms with Crippen molar-refractivity contribution in [2.45, 2.75) is 250 Å². The van der Waals surface area contributed by atoms with Crippen LogP contribution in [0.25, 0.3) is 0 Å². The van der Waals surface area contributed by atoms with Crippen LogP contribution in [0.4, 0.5) is 0 Å². The van der Waals surface area contributed by atoms with Gasteiger partial charge in [-0.3, -0.25) is 9.59 Å². The summed E-state index contributed by atoms with van der Waals surface area (Å²) in [5.74, 6) is -0.821. The first kappa shape index (κ1) is 55.9.